The van der Waals surface area contributed by atoms with Crippen molar-refractivity contribution in [2.75, 3.05) is 17.7 Å². The van der Waals surface area contributed by atoms with Crippen LogP contribution in [-0.4, -0.2) is 24.8 Å². The van der Waals surface area contributed by atoms with Crippen LogP contribution < -0.4 is 16.0 Å². The van der Waals surface area contributed by atoms with Crippen LogP contribution in [0.15, 0.2) is 36.4 Å². The normalized spacial score (nSPS) is 10.1. The molecule has 0 saturated carbocycles. The molecule has 0 aliphatic carbocycles. The van der Waals surface area contributed by atoms with Gasteiger partial charge in [-0.1, -0.05) is 11.6 Å². The summed E-state index contributed by atoms with van der Waals surface area (Å²) >= 11 is 6.99. The monoisotopic (exact) mass is 365 g/mol. The summed E-state index contributed by atoms with van der Waals surface area (Å²) in [4.78, 5) is 35.5. The maximum absolute atomic E-state index is 11.9. The van der Waals surface area contributed by atoms with Crippen molar-refractivity contribution in [1.82, 2.24) is 5.32 Å². The first kappa shape index (κ1) is 18.0. The third-order valence-corrected chi connectivity index (χ3v) is 4.35. The van der Waals surface area contributed by atoms with Crippen LogP contribution in [0.1, 0.15) is 22.5 Å². The van der Waals surface area contributed by atoms with Gasteiger partial charge in [-0.3, -0.25) is 9.59 Å². The fourth-order valence-corrected chi connectivity index (χ4v) is 2.88. The number of rotatable bonds is 6. The number of ketones is 1. The molecule has 0 unspecified atom stereocenters. The topological polar surface area (TPSA) is 87.3 Å². The number of urea groups is 1. The predicted octanol–water partition coefficient (Wildman–Crippen LogP) is 3.75. The molecule has 0 fully saturated rings. The van der Waals surface area contributed by atoms with E-state index in [0.717, 1.165) is 0 Å². The lowest BCUT2D eigenvalue weighted by atomic mass is 10.2. The summed E-state index contributed by atoms with van der Waals surface area (Å²) in [5.41, 5.74) is 1.20. The van der Waals surface area contributed by atoms with Crippen LogP contribution in [0.4, 0.5) is 16.2 Å². The Kier molecular flexibility index (Phi) is 6.34. The van der Waals surface area contributed by atoms with Gasteiger partial charge in [-0.05, 0) is 36.4 Å². The van der Waals surface area contributed by atoms with E-state index in [-0.39, 0.29) is 30.6 Å². The highest BCUT2D eigenvalue weighted by molar-refractivity contribution is 7.18. The molecule has 0 atom stereocenters. The van der Waals surface area contributed by atoms with E-state index in [9.17, 15) is 14.4 Å². The van der Waals surface area contributed by atoms with Crippen molar-refractivity contribution in [3.05, 3.63) is 45.6 Å². The van der Waals surface area contributed by atoms with Gasteiger partial charge in [0.25, 0.3) is 0 Å². The Labute approximate surface area is 148 Å². The molecule has 0 aliphatic rings. The van der Waals surface area contributed by atoms with Gasteiger partial charge in [0.2, 0.25) is 5.91 Å². The number of carbonyl (C=O) groups is 3. The molecule has 1 aromatic carbocycles. The van der Waals surface area contributed by atoms with Crippen molar-refractivity contribution in [1.29, 1.82) is 0 Å². The van der Waals surface area contributed by atoms with Crippen LogP contribution >= 0.6 is 22.9 Å². The molecule has 3 amide bonds. The molecule has 2 rings (SSSR count). The number of hydrogen-bond acceptors (Lipinski definition) is 4. The molecule has 0 bridgehead atoms. The molecule has 0 aliphatic heterocycles. The number of thiophene rings is 1. The zero-order chi connectivity index (χ0) is 17.5. The number of halogens is 1. The fraction of sp³-hybridized carbons (Fsp3) is 0.188. The number of carbonyl (C=O) groups excluding carboxylic acids is 3. The second kappa shape index (κ2) is 8.47. The number of benzene rings is 1. The molecular formula is C16H16ClN3O3S. The van der Waals surface area contributed by atoms with Crippen LogP contribution in [-0.2, 0) is 4.79 Å². The van der Waals surface area contributed by atoms with E-state index in [4.69, 9.17) is 11.6 Å². The van der Waals surface area contributed by atoms with E-state index < -0.39 is 0 Å². The number of nitrogens with one attached hydrogen (secondary N) is 3. The lowest BCUT2D eigenvalue weighted by Gasteiger charge is -2.07. The summed E-state index contributed by atoms with van der Waals surface area (Å²) in [6.45, 7) is 0. The minimum Gasteiger partial charge on any atom is -0.341 e. The smallest absolute Gasteiger partial charge is 0.318 e. The summed E-state index contributed by atoms with van der Waals surface area (Å²) in [6.07, 6.45) is 0.214. The van der Waals surface area contributed by atoms with Crippen molar-refractivity contribution >= 4 is 52.0 Å². The average molecular weight is 366 g/mol. The Bertz CT molecular complexity index is 743. The molecule has 126 valence electrons. The SMILES string of the molecule is CNC(=O)Nc1ccc(NC(=O)CCC(=O)c2ccc(Cl)s2)cc1. The molecule has 0 spiro atoms. The van der Waals surface area contributed by atoms with Crippen molar-refractivity contribution in [2.45, 2.75) is 12.8 Å². The zero-order valence-electron chi connectivity index (χ0n) is 12.9. The van der Waals surface area contributed by atoms with E-state index in [1.54, 1.807) is 36.4 Å². The first-order chi connectivity index (χ1) is 11.5. The van der Waals surface area contributed by atoms with Gasteiger partial charge in [0, 0.05) is 31.3 Å². The summed E-state index contributed by atoms with van der Waals surface area (Å²) in [5.74, 6) is -0.356. The highest BCUT2D eigenvalue weighted by Gasteiger charge is 2.11. The number of anilines is 2. The van der Waals surface area contributed by atoms with Gasteiger partial charge in [-0.2, -0.15) is 0 Å². The maximum atomic E-state index is 11.9. The van der Waals surface area contributed by atoms with Gasteiger partial charge in [0.1, 0.15) is 0 Å². The molecule has 6 nitrogen and oxygen atoms in total. The minimum atomic E-state index is -0.320. The maximum Gasteiger partial charge on any atom is 0.318 e. The van der Waals surface area contributed by atoms with Gasteiger partial charge in [-0.25, -0.2) is 4.79 Å². The molecule has 2 aromatic rings. The van der Waals surface area contributed by atoms with Crippen LogP contribution in [0.2, 0.25) is 4.34 Å². The standard InChI is InChI=1S/C16H16ClN3O3S/c1-18-16(23)20-11-4-2-10(3-5-11)19-15(22)9-6-12(21)13-7-8-14(17)24-13/h2-5,7-8H,6,9H2,1H3,(H,19,22)(H2,18,20,23). The quantitative estimate of drug-likeness (QED) is 0.681. The largest absolute Gasteiger partial charge is 0.341 e. The van der Waals surface area contributed by atoms with Gasteiger partial charge in [0.05, 0.1) is 9.21 Å². The Hall–Kier alpha value is -2.38. The molecule has 24 heavy (non-hydrogen) atoms. The van der Waals surface area contributed by atoms with Gasteiger partial charge < -0.3 is 16.0 Å². The summed E-state index contributed by atoms with van der Waals surface area (Å²) in [5, 5.41) is 7.77. The van der Waals surface area contributed by atoms with Crippen LogP contribution in [0.5, 0.6) is 0 Å². The van der Waals surface area contributed by atoms with Crippen molar-refractivity contribution in [3.8, 4) is 0 Å². The predicted molar refractivity (Wildman–Crippen MR) is 96.0 cm³/mol. The summed E-state index contributed by atoms with van der Waals surface area (Å²) in [7, 11) is 1.52. The Morgan fingerprint density at radius 1 is 0.958 bits per heavy atom. The Morgan fingerprint density at radius 2 is 1.58 bits per heavy atom. The van der Waals surface area contributed by atoms with Crippen LogP contribution in [0, 0.1) is 0 Å². The second-order valence-electron chi connectivity index (χ2n) is 4.86. The van der Waals surface area contributed by atoms with E-state index >= 15 is 0 Å². The molecule has 1 heterocycles. The van der Waals surface area contributed by atoms with E-state index in [2.05, 4.69) is 16.0 Å². The molecule has 0 radical (unpaired) electrons. The molecule has 8 heteroatoms. The lowest BCUT2D eigenvalue weighted by Crippen LogP contribution is -2.24. The van der Waals surface area contributed by atoms with E-state index in [1.807, 2.05) is 0 Å². The van der Waals surface area contributed by atoms with Gasteiger partial charge in [-0.15, -0.1) is 11.3 Å². The number of amides is 3. The first-order valence-corrected chi connectivity index (χ1v) is 8.34. The van der Waals surface area contributed by atoms with Crippen molar-refractivity contribution in [3.63, 3.8) is 0 Å². The van der Waals surface area contributed by atoms with E-state index in [0.29, 0.717) is 20.6 Å². The lowest BCUT2D eigenvalue weighted by molar-refractivity contribution is -0.116. The second-order valence-corrected chi connectivity index (χ2v) is 6.57. The fourth-order valence-electron chi connectivity index (χ4n) is 1.87. The first-order valence-electron chi connectivity index (χ1n) is 7.15. The molecular weight excluding hydrogens is 350 g/mol. The molecule has 0 saturated heterocycles. The Balaban J connectivity index is 1.81. The van der Waals surface area contributed by atoms with Crippen molar-refractivity contribution < 1.29 is 14.4 Å². The average Bonchev–Trinajstić information content (AvgIpc) is 3.01. The molecule has 3 N–H and O–H groups in total. The molecule has 1 aromatic heterocycles. The van der Waals surface area contributed by atoms with Crippen LogP contribution in [0.25, 0.3) is 0 Å². The van der Waals surface area contributed by atoms with Crippen molar-refractivity contribution in [2.24, 2.45) is 0 Å². The Morgan fingerprint density at radius 3 is 2.12 bits per heavy atom. The highest BCUT2D eigenvalue weighted by atomic mass is 35.5. The third kappa shape index (κ3) is 5.36. The number of Topliss-reactive ketones (excluding diaryl/α,β-unsaturated/α-hetero) is 1. The third-order valence-electron chi connectivity index (χ3n) is 3.08. The summed E-state index contributed by atoms with van der Waals surface area (Å²) in [6, 6.07) is 9.68. The minimum absolute atomic E-state index is 0.0899. The number of hydrogen-bond donors (Lipinski definition) is 3. The zero-order valence-corrected chi connectivity index (χ0v) is 14.5. The van der Waals surface area contributed by atoms with Gasteiger partial charge in [0.15, 0.2) is 5.78 Å². The van der Waals surface area contributed by atoms with E-state index in [1.165, 1.54) is 18.4 Å². The highest BCUT2D eigenvalue weighted by Crippen LogP contribution is 2.23. The van der Waals surface area contributed by atoms with Gasteiger partial charge >= 0.3 is 6.03 Å². The summed E-state index contributed by atoms with van der Waals surface area (Å²) < 4.78 is 0.549. The van der Waals surface area contributed by atoms with Crippen LogP contribution in [0.3, 0.4) is 0 Å².